The molecule has 1 saturated heterocycles. The smallest absolute Gasteiger partial charge is 0.243 e. The zero-order chi connectivity index (χ0) is 13.8. The van der Waals surface area contributed by atoms with Crippen LogP contribution in [0.1, 0.15) is 31.9 Å². The average molecular weight is 283 g/mol. The molecule has 0 saturated carbocycles. The van der Waals surface area contributed by atoms with Crippen molar-refractivity contribution in [1.82, 2.24) is 15.3 Å². The summed E-state index contributed by atoms with van der Waals surface area (Å²) in [5, 5.41) is 6.30. The third-order valence-electron chi connectivity index (χ3n) is 3.46. The molecule has 2 heterocycles. The maximum absolute atomic E-state index is 12.2. The van der Waals surface area contributed by atoms with E-state index in [9.17, 15) is 4.79 Å². The molecular formula is C13H19ClN4O. The fourth-order valence-electron chi connectivity index (χ4n) is 2.35. The van der Waals surface area contributed by atoms with Gasteiger partial charge in [0.1, 0.15) is 5.15 Å². The number of anilines is 1. The number of aryl methyl sites for hydroxylation is 1. The SMILES string of the molecule is CCC1CCNC(C(=O)Nc2nc(C)cc(Cl)n2)C1. The van der Waals surface area contributed by atoms with Gasteiger partial charge in [-0.3, -0.25) is 10.1 Å². The molecule has 19 heavy (non-hydrogen) atoms. The van der Waals surface area contributed by atoms with Gasteiger partial charge in [0.2, 0.25) is 11.9 Å². The highest BCUT2D eigenvalue weighted by Crippen LogP contribution is 2.20. The van der Waals surface area contributed by atoms with Crippen LogP contribution in [0.15, 0.2) is 6.07 Å². The van der Waals surface area contributed by atoms with Crippen molar-refractivity contribution in [3.8, 4) is 0 Å². The Hall–Kier alpha value is -1.20. The van der Waals surface area contributed by atoms with Crippen molar-refractivity contribution in [3.63, 3.8) is 0 Å². The van der Waals surface area contributed by atoms with Crippen molar-refractivity contribution in [1.29, 1.82) is 0 Å². The van der Waals surface area contributed by atoms with Gasteiger partial charge in [0.25, 0.3) is 0 Å². The highest BCUT2D eigenvalue weighted by Gasteiger charge is 2.26. The molecule has 0 bridgehead atoms. The first-order valence-corrected chi connectivity index (χ1v) is 7.01. The van der Waals surface area contributed by atoms with E-state index in [1.807, 2.05) is 6.92 Å². The van der Waals surface area contributed by atoms with Crippen molar-refractivity contribution in [3.05, 3.63) is 16.9 Å². The molecule has 104 valence electrons. The lowest BCUT2D eigenvalue weighted by Crippen LogP contribution is -2.46. The van der Waals surface area contributed by atoms with Crippen LogP contribution >= 0.6 is 11.6 Å². The summed E-state index contributed by atoms with van der Waals surface area (Å²) in [4.78, 5) is 20.3. The van der Waals surface area contributed by atoms with E-state index >= 15 is 0 Å². The Kier molecular flexibility index (Phi) is 4.71. The Bertz CT molecular complexity index is 446. The summed E-state index contributed by atoms with van der Waals surface area (Å²) >= 11 is 5.85. The maximum Gasteiger partial charge on any atom is 0.243 e. The number of nitrogens with zero attached hydrogens (tertiary/aromatic N) is 2. The van der Waals surface area contributed by atoms with Crippen molar-refractivity contribution in [2.75, 3.05) is 11.9 Å². The first-order valence-electron chi connectivity index (χ1n) is 6.64. The number of carbonyl (C=O) groups excluding carboxylic acids is 1. The quantitative estimate of drug-likeness (QED) is 0.834. The van der Waals surface area contributed by atoms with Gasteiger partial charge in [-0.1, -0.05) is 24.9 Å². The fraction of sp³-hybridized carbons (Fsp3) is 0.615. The number of carbonyl (C=O) groups is 1. The first-order chi connectivity index (χ1) is 9.08. The van der Waals surface area contributed by atoms with Crippen molar-refractivity contribution < 1.29 is 4.79 Å². The van der Waals surface area contributed by atoms with E-state index < -0.39 is 0 Å². The fourth-order valence-corrected chi connectivity index (χ4v) is 2.59. The molecule has 1 aromatic heterocycles. The molecule has 6 heteroatoms. The van der Waals surface area contributed by atoms with Gasteiger partial charge in [-0.15, -0.1) is 0 Å². The molecule has 1 aromatic rings. The Morgan fingerprint density at radius 3 is 3.05 bits per heavy atom. The minimum atomic E-state index is -0.165. The normalized spacial score (nSPS) is 23.1. The number of hydrogen-bond acceptors (Lipinski definition) is 4. The number of halogens is 1. The second-order valence-corrected chi connectivity index (χ2v) is 5.34. The van der Waals surface area contributed by atoms with Gasteiger partial charge in [-0.05, 0) is 38.3 Å². The summed E-state index contributed by atoms with van der Waals surface area (Å²) in [6, 6.07) is 1.49. The standard InChI is InChI=1S/C13H19ClN4O/c1-3-9-4-5-15-10(7-9)12(19)18-13-16-8(2)6-11(14)17-13/h6,9-10,15H,3-5,7H2,1-2H3,(H,16,17,18,19). The van der Waals surface area contributed by atoms with E-state index in [1.54, 1.807) is 6.07 Å². The van der Waals surface area contributed by atoms with Crippen molar-refractivity contribution >= 4 is 23.5 Å². The Morgan fingerprint density at radius 2 is 2.37 bits per heavy atom. The van der Waals surface area contributed by atoms with Crippen LogP contribution in [0, 0.1) is 12.8 Å². The Labute approximate surface area is 118 Å². The van der Waals surface area contributed by atoms with E-state index in [2.05, 4.69) is 27.5 Å². The summed E-state index contributed by atoms with van der Waals surface area (Å²) in [5.74, 6) is 0.800. The summed E-state index contributed by atoms with van der Waals surface area (Å²) in [7, 11) is 0. The van der Waals surface area contributed by atoms with Gasteiger partial charge in [0, 0.05) is 5.69 Å². The first kappa shape index (κ1) is 14.2. The molecule has 0 aliphatic carbocycles. The summed E-state index contributed by atoms with van der Waals surface area (Å²) < 4.78 is 0. The van der Waals surface area contributed by atoms with E-state index in [-0.39, 0.29) is 17.9 Å². The lowest BCUT2D eigenvalue weighted by atomic mass is 9.90. The number of amides is 1. The predicted octanol–water partition coefficient (Wildman–Crippen LogP) is 2.16. The number of hydrogen-bond donors (Lipinski definition) is 2. The van der Waals surface area contributed by atoms with E-state index in [0.29, 0.717) is 11.1 Å². The molecule has 0 aromatic carbocycles. The van der Waals surface area contributed by atoms with Gasteiger partial charge in [-0.25, -0.2) is 9.97 Å². The lowest BCUT2D eigenvalue weighted by Gasteiger charge is -2.28. The molecule has 2 rings (SSSR count). The van der Waals surface area contributed by atoms with E-state index in [4.69, 9.17) is 11.6 Å². The van der Waals surface area contributed by atoms with E-state index in [1.165, 1.54) is 0 Å². The van der Waals surface area contributed by atoms with Gasteiger partial charge in [0.15, 0.2) is 0 Å². The van der Waals surface area contributed by atoms with Crippen LogP contribution in [-0.2, 0) is 4.79 Å². The summed E-state index contributed by atoms with van der Waals surface area (Å²) in [6.07, 6.45) is 3.10. The largest absolute Gasteiger partial charge is 0.306 e. The third kappa shape index (κ3) is 3.88. The molecular weight excluding hydrogens is 264 g/mol. The van der Waals surface area contributed by atoms with Gasteiger partial charge in [0.05, 0.1) is 6.04 Å². The van der Waals surface area contributed by atoms with Crippen LogP contribution in [-0.4, -0.2) is 28.5 Å². The Morgan fingerprint density at radius 1 is 1.58 bits per heavy atom. The van der Waals surface area contributed by atoms with E-state index in [0.717, 1.165) is 31.5 Å². The minimum absolute atomic E-state index is 0.0835. The topological polar surface area (TPSA) is 66.9 Å². The molecule has 0 spiro atoms. The van der Waals surface area contributed by atoms with Gasteiger partial charge >= 0.3 is 0 Å². The second kappa shape index (κ2) is 6.30. The summed E-state index contributed by atoms with van der Waals surface area (Å²) in [5.41, 5.74) is 0.735. The molecule has 1 aliphatic heterocycles. The maximum atomic E-state index is 12.2. The van der Waals surface area contributed by atoms with Crippen molar-refractivity contribution in [2.45, 2.75) is 39.2 Å². The zero-order valence-electron chi connectivity index (χ0n) is 11.2. The van der Waals surface area contributed by atoms with Crippen LogP contribution < -0.4 is 10.6 Å². The molecule has 1 fully saturated rings. The number of rotatable bonds is 3. The molecule has 1 aliphatic rings. The lowest BCUT2D eigenvalue weighted by molar-refractivity contribution is -0.119. The van der Waals surface area contributed by atoms with Crippen LogP contribution in [0.5, 0.6) is 0 Å². The summed E-state index contributed by atoms with van der Waals surface area (Å²) in [6.45, 7) is 4.86. The molecule has 1 amide bonds. The van der Waals surface area contributed by atoms with Crippen molar-refractivity contribution in [2.24, 2.45) is 5.92 Å². The zero-order valence-corrected chi connectivity index (χ0v) is 12.0. The minimum Gasteiger partial charge on any atom is -0.306 e. The number of nitrogens with one attached hydrogen (secondary N) is 2. The van der Waals surface area contributed by atoms with Crippen LogP contribution in [0.3, 0.4) is 0 Å². The monoisotopic (exact) mass is 282 g/mol. The average Bonchev–Trinajstić information content (AvgIpc) is 2.37. The highest BCUT2D eigenvalue weighted by molar-refractivity contribution is 6.29. The molecule has 0 radical (unpaired) electrons. The Balaban J connectivity index is 2.00. The third-order valence-corrected chi connectivity index (χ3v) is 3.66. The van der Waals surface area contributed by atoms with Gasteiger partial charge in [-0.2, -0.15) is 0 Å². The molecule has 2 atom stereocenters. The number of aromatic nitrogens is 2. The number of piperidine rings is 1. The van der Waals surface area contributed by atoms with Crippen LogP contribution in [0.2, 0.25) is 5.15 Å². The van der Waals surface area contributed by atoms with Gasteiger partial charge < -0.3 is 5.32 Å². The highest BCUT2D eigenvalue weighted by atomic mass is 35.5. The van der Waals surface area contributed by atoms with Crippen LogP contribution in [0.25, 0.3) is 0 Å². The van der Waals surface area contributed by atoms with Crippen LogP contribution in [0.4, 0.5) is 5.95 Å². The second-order valence-electron chi connectivity index (χ2n) is 4.95. The molecule has 5 nitrogen and oxygen atoms in total. The molecule has 2 unspecified atom stereocenters. The predicted molar refractivity (Wildman–Crippen MR) is 75.2 cm³/mol. The molecule has 2 N–H and O–H groups in total.